The van der Waals surface area contributed by atoms with Gasteiger partial charge in [0.25, 0.3) is 0 Å². The minimum atomic E-state index is -0.128. The minimum Gasteiger partial charge on any atom is -0.357 e. The van der Waals surface area contributed by atoms with Crippen LogP contribution in [-0.2, 0) is 11.3 Å². The minimum absolute atomic E-state index is 0.128. The van der Waals surface area contributed by atoms with Gasteiger partial charge in [-0.3, -0.25) is 4.79 Å². The number of rotatable bonds is 5. The molecule has 0 bridgehead atoms. The molecule has 0 atom stereocenters. The van der Waals surface area contributed by atoms with E-state index in [1.165, 1.54) is 31.8 Å². The Hall–Kier alpha value is -2.33. The zero-order valence-electron chi connectivity index (χ0n) is 14.8. The molecule has 0 radical (unpaired) electrons. The third-order valence-corrected chi connectivity index (χ3v) is 4.76. The summed E-state index contributed by atoms with van der Waals surface area (Å²) in [5.41, 5.74) is 1.94. The van der Waals surface area contributed by atoms with Crippen LogP contribution in [0.4, 0.5) is 5.82 Å². The van der Waals surface area contributed by atoms with Crippen molar-refractivity contribution in [1.82, 2.24) is 10.3 Å². The number of hydrogen-bond donors (Lipinski definition) is 1. The van der Waals surface area contributed by atoms with E-state index < -0.39 is 0 Å². The van der Waals surface area contributed by atoms with E-state index in [4.69, 9.17) is 11.6 Å². The average Bonchev–Trinajstić information content (AvgIpc) is 2.96. The Balaban J connectivity index is 1.49. The second kappa shape index (κ2) is 9.39. The summed E-state index contributed by atoms with van der Waals surface area (Å²) in [5.74, 6) is 0.904. The first-order valence-electron chi connectivity index (χ1n) is 9.12. The third-order valence-electron chi connectivity index (χ3n) is 4.50. The molecule has 0 spiro atoms. The van der Waals surface area contributed by atoms with E-state index in [2.05, 4.69) is 21.3 Å². The van der Waals surface area contributed by atoms with Crippen LogP contribution in [0.15, 0.2) is 48.7 Å². The highest BCUT2D eigenvalue weighted by molar-refractivity contribution is 6.30. The van der Waals surface area contributed by atoms with Crippen molar-refractivity contribution in [2.24, 2.45) is 0 Å². The molecule has 0 saturated carbocycles. The average molecular weight is 370 g/mol. The van der Waals surface area contributed by atoms with Crippen LogP contribution in [0.2, 0.25) is 5.02 Å². The predicted octanol–water partition coefficient (Wildman–Crippen LogP) is 4.45. The number of nitrogens with one attached hydrogen (secondary N) is 1. The van der Waals surface area contributed by atoms with Crippen LogP contribution in [0.5, 0.6) is 0 Å². The molecule has 26 heavy (non-hydrogen) atoms. The molecule has 0 aliphatic carbocycles. The largest absolute Gasteiger partial charge is 0.357 e. The summed E-state index contributed by atoms with van der Waals surface area (Å²) in [6.45, 7) is 2.63. The van der Waals surface area contributed by atoms with E-state index in [1.807, 2.05) is 24.4 Å². The normalized spacial score (nSPS) is 15.0. The molecule has 1 aliphatic rings. The zero-order chi connectivity index (χ0) is 18.2. The summed E-state index contributed by atoms with van der Waals surface area (Å²) in [5, 5.41) is 3.57. The molecule has 2 heterocycles. The Morgan fingerprint density at radius 1 is 1.08 bits per heavy atom. The highest BCUT2D eigenvalue weighted by Crippen LogP contribution is 2.17. The molecule has 5 heteroatoms. The maximum atomic E-state index is 12.0. The van der Waals surface area contributed by atoms with Gasteiger partial charge >= 0.3 is 0 Å². The van der Waals surface area contributed by atoms with Gasteiger partial charge in [0.05, 0.1) is 0 Å². The Morgan fingerprint density at radius 2 is 1.81 bits per heavy atom. The molecule has 2 aromatic rings. The van der Waals surface area contributed by atoms with Gasteiger partial charge in [0.2, 0.25) is 5.91 Å². The number of carbonyl (C=O) groups is 1. The van der Waals surface area contributed by atoms with E-state index >= 15 is 0 Å². The van der Waals surface area contributed by atoms with Crippen molar-refractivity contribution in [2.75, 3.05) is 18.0 Å². The zero-order valence-corrected chi connectivity index (χ0v) is 15.6. The van der Waals surface area contributed by atoms with Gasteiger partial charge in [0, 0.05) is 36.9 Å². The van der Waals surface area contributed by atoms with Gasteiger partial charge in [-0.25, -0.2) is 4.98 Å². The number of halogens is 1. The van der Waals surface area contributed by atoms with Crippen LogP contribution in [0, 0.1) is 0 Å². The van der Waals surface area contributed by atoms with E-state index in [-0.39, 0.29) is 5.91 Å². The molecule has 1 aromatic heterocycles. The summed E-state index contributed by atoms with van der Waals surface area (Å²) >= 11 is 5.85. The number of carbonyl (C=O) groups excluding carboxylic acids is 1. The van der Waals surface area contributed by atoms with Crippen molar-refractivity contribution >= 4 is 29.4 Å². The molecular weight excluding hydrogens is 346 g/mol. The number of pyridine rings is 1. The quantitative estimate of drug-likeness (QED) is 0.792. The molecular formula is C21H24ClN3O. The van der Waals surface area contributed by atoms with Crippen molar-refractivity contribution in [3.8, 4) is 0 Å². The van der Waals surface area contributed by atoms with Crippen LogP contribution < -0.4 is 10.2 Å². The van der Waals surface area contributed by atoms with Crippen LogP contribution in [0.3, 0.4) is 0 Å². The Bertz CT molecular complexity index is 733. The number of benzene rings is 1. The summed E-state index contributed by atoms with van der Waals surface area (Å²) in [6.07, 6.45) is 10.2. The van der Waals surface area contributed by atoms with Crippen molar-refractivity contribution in [3.05, 3.63) is 64.8 Å². The highest BCUT2D eigenvalue weighted by atomic mass is 35.5. The van der Waals surface area contributed by atoms with E-state index in [0.29, 0.717) is 11.6 Å². The SMILES string of the molecule is O=C(C=Cc1ccc(Cl)cc1)NCc1ccc(N2CCCCCC2)nc1. The van der Waals surface area contributed by atoms with Crippen molar-refractivity contribution in [2.45, 2.75) is 32.2 Å². The smallest absolute Gasteiger partial charge is 0.244 e. The topological polar surface area (TPSA) is 45.2 Å². The Labute approximate surface area is 159 Å². The Kier molecular flexibility index (Phi) is 6.67. The van der Waals surface area contributed by atoms with Gasteiger partial charge in [0.15, 0.2) is 0 Å². The molecule has 4 nitrogen and oxygen atoms in total. The fourth-order valence-corrected chi connectivity index (χ4v) is 3.13. The Morgan fingerprint density at radius 3 is 2.46 bits per heavy atom. The van der Waals surface area contributed by atoms with Gasteiger partial charge in [-0.15, -0.1) is 0 Å². The molecule has 1 fully saturated rings. The van der Waals surface area contributed by atoms with Gasteiger partial charge < -0.3 is 10.2 Å². The lowest BCUT2D eigenvalue weighted by molar-refractivity contribution is -0.116. The molecule has 1 aromatic carbocycles. The number of anilines is 1. The molecule has 1 N–H and O–H groups in total. The van der Waals surface area contributed by atoms with Gasteiger partial charge in [-0.1, -0.05) is 42.6 Å². The van der Waals surface area contributed by atoms with Crippen molar-refractivity contribution < 1.29 is 4.79 Å². The van der Waals surface area contributed by atoms with Gasteiger partial charge in [-0.05, 0) is 48.2 Å². The molecule has 136 valence electrons. The molecule has 1 amide bonds. The fourth-order valence-electron chi connectivity index (χ4n) is 3.00. The standard InChI is InChI=1S/C21H24ClN3O/c22-19-9-5-17(6-10-19)8-12-21(26)24-16-18-7-11-20(23-15-18)25-13-3-1-2-4-14-25/h5-12,15H,1-4,13-14,16H2,(H,24,26). The molecule has 3 rings (SSSR count). The van der Waals surface area contributed by atoms with Crippen molar-refractivity contribution in [1.29, 1.82) is 0 Å². The molecule has 1 aliphatic heterocycles. The van der Waals surface area contributed by atoms with Crippen LogP contribution in [-0.4, -0.2) is 24.0 Å². The first kappa shape index (κ1) is 18.5. The summed E-state index contributed by atoms with van der Waals surface area (Å²) in [4.78, 5) is 18.9. The second-order valence-corrected chi connectivity index (χ2v) is 6.97. The molecule has 1 saturated heterocycles. The highest BCUT2D eigenvalue weighted by Gasteiger charge is 2.10. The monoisotopic (exact) mass is 369 g/mol. The lowest BCUT2D eigenvalue weighted by Gasteiger charge is -2.21. The summed E-state index contributed by atoms with van der Waals surface area (Å²) in [7, 11) is 0. The third kappa shape index (κ3) is 5.60. The maximum Gasteiger partial charge on any atom is 0.244 e. The van der Waals surface area contributed by atoms with Gasteiger partial charge in [-0.2, -0.15) is 0 Å². The van der Waals surface area contributed by atoms with Crippen LogP contribution >= 0.6 is 11.6 Å². The summed E-state index contributed by atoms with van der Waals surface area (Å²) in [6, 6.07) is 11.4. The van der Waals surface area contributed by atoms with Gasteiger partial charge in [0.1, 0.15) is 5.82 Å². The first-order chi connectivity index (χ1) is 12.7. The van der Waals surface area contributed by atoms with Crippen molar-refractivity contribution in [3.63, 3.8) is 0 Å². The van der Waals surface area contributed by atoms with E-state index in [9.17, 15) is 4.79 Å². The molecule has 0 unspecified atom stereocenters. The number of amides is 1. The number of nitrogens with zero attached hydrogens (tertiary/aromatic N) is 2. The summed E-state index contributed by atoms with van der Waals surface area (Å²) < 4.78 is 0. The van der Waals surface area contributed by atoms with E-state index in [1.54, 1.807) is 18.2 Å². The lowest BCUT2D eigenvalue weighted by Crippen LogP contribution is -2.25. The van der Waals surface area contributed by atoms with E-state index in [0.717, 1.165) is 30.0 Å². The lowest BCUT2D eigenvalue weighted by atomic mass is 10.2. The second-order valence-electron chi connectivity index (χ2n) is 6.53. The van der Waals surface area contributed by atoms with Crippen LogP contribution in [0.25, 0.3) is 6.08 Å². The first-order valence-corrected chi connectivity index (χ1v) is 9.50. The predicted molar refractivity (Wildman–Crippen MR) is 107 cm³/mol. The number of aromatic nitrogens is 1. The van der Waals surface area contributed by atoms with Crippen LogP contribution in [0.1, 0.15) is 36.8 Å². The fraction of sp³-hybridized carbons (Fsp3) is 0.333. The maximum absolute atomic E-state index is 12.0. The number of hydrogen-bond acceptors (Lipinski definition) is 3.